The van der Waals surface area contributed by atoms with Crippen LogP contribution < -0.4 is 0 Å². The summed E-state index contributed by atoms with van der Waals surface area (Å²) in [5, 5.41) is 22.0. The lowest BCUT2D eigenvalue weighted by molar-refractivity contribution is 0.0268. The van der Waals surface area contributed by atoms with E-state index in [9.17, 15) is 9.90 Å². The summed E-state index contributed by atoms with van der Waals surface area (Å²) < 4.78 is 0. The Kier molecular flexibility index (Phi) is 5.53. The second-order valence-electron chi connectivity index (χ2n) is 7.47. The number of aromatic amines is 1. The van der Waals surface area contributed by atoms with Crippen LogP contribution in [0.2, 0.25) is 5.02 Å². The van der Waals surface area contributed by atoms with Gasteiger partial charge in [0, 0.05) is 34.5 Å². The topological polar surface area (TPSA) is 69.2 Å². The van der Waals surface area contributed by atoms with Crippen LogP contribution in [0.25, 0.3) is 11.3 Å². The zero-order valence-electron chi connectivity index (χ0n) is 15.4. The average Bonchev–Trinajstić information content (AvgIpc) is 3.39. The molecule has 0 radical (unpaired) electrons. The molecule has 146 valence electrons. The first kappa shape index (κ1) is 19.2. The Balaban J connectivity index is 1.51. The van der Waals surface area contributed by atoms with Crippen molar-refractivity contribution >= 4 is 28.8 Å². The number of H-pyrrole nitrogens is 1. The van der Waals surface area contributed by atoms with Gasteiger partial charge in [0.2, 0.25) is 0 Å². The van der Waals surface area contributed by atoms with E-state index in [1.54, 1.807) is 17.4 Å². The molecule has 1 atom stereocenters. The van der Waals surface area contributed by atoms with Crippen molar-refractivity contribution in [2.45, 2.75) is 19.3 Å². The molecule has 1 aromatic carbocycles. The minimum Gasteiger partial charge on any atom is -0.396 e. The molecule has 0 spiro atoms. The van der Waals surface area contributed by atoms with Crippen LogP contribution in [0, 0.1) is 5.41 Å². The van der Waals surface area contributed by atoms with Crippen LogP contribution in [0.15, 0.2) is 47.2 Å². The maximum Gasteiger partial charge on any atom is 0.271 e. The highest BCUT2D eigenvalue weighted by Crippen LogP contribution is 2.34. The molecule has 3 aromatic rings. The largest absolute Gasteiger partial charge is 0.396 e. The van der Waals surface area contributed by atoms with Crippen LogP contribution in [-0.4, -0.2) is 45.8 Å². The molecular weight excluding hydrogens is 394 g/mol. The first-order valence-corrected chi connectivity index (χ1v) is 10.6. The minimum atomic E-state index is -0.352. The lowest BCUT2D eigenvalue weighted by Crippen LogP contribution is -2.49. The Hall–Kier alpha value is -2.15. The predicted molar refractivity (Wildman–Crippen MR) is 112 cm³/mol. The minimum absolute atomic E-state index is 0.0342. The molecule has 1 unspecified atom stereocenters. The van der Waals surface area contributed by atoms with Gasteiger partial charge in [0.05, 0.1) is 12.3 Å². The third-order valence-corrected chi connectivity index (χ3v) is 6.30. The number of hydrogen-bond donors (Lipinski definition) is 2. The number of carbonyl (C=O) groups is 1. The van der Waals surface area contributed by atoms with Crippen LogP contribution in [0.4, 0.5) is 0 Å². The number of thiophene rings is 1. The molecule has 1 saturated heterocycles. The Morgan fingerprint density at radius 3 is 3.00 bits per heavy atom. The zero-order valence-corrected chi connectivity index (χ0v) is 17.0. The first-order valence-electron chi connectivity index (χ1n) is 9.31. The molecule has 2 aromatic heterocycles. The molecule has 5 nitrogen and oxygen atoms in total. The molecule has 28 heavy (non-hydrogen) atoms. The second-order valence-corrected chi connectivity index (χ2v) is 8.69. The van der Waals surface area contributed by atoms with Gasteiger partial charge in [-0.15, -0.1) is 0 Å². The van der Waals surface area contributed by atoms with E-state index in [4.69, 9.17) is 11.6 Å². The summed E-state index contributed by atoms with van der Waals surface area (Å²) in [6.45, 7) is 1.23. The predicted octanol–water partition coefficient (Wildman–Crippen LogP) is 4.25. The Labute approximate surface area is 173 Å². The Morgan fingerprint density at radius 2 is 2.25 bits per heavy atom. The molecule has 3 heterocycles. The molecule has 1 amide bonds. The van der Waals surface area contributed by atoms with Crippen LogP contribution in [0.3, 0.4) is 0 Å². The average molecular weight is 416 g/mol. The molecule has 0 saturated carbocycles. The fourth-order valence-electron chi connectivity index (χ4n) is 3.95. The molecule has 0 bridgehead atoms. The van der Waals surface area contributed by atoms with Gasteiger partial charge in [-0.25, -0.2) is 0 Å². The first-order chi connectivity index (χ1) is 13.6. The van der Waals surface area contributed by atoms with E-state index in [-0.39, 0.29) is 17.9 Å². The summed E-state index contributed by atoms with van der Waals surface area (Å²) >= 11 is 7.72. The number of aromatic nitrogens is 2. The van der Waals surface area contributed by atoms with Crippen LogP contribution in [-0.2, 0) is 6.42 Å². The quantitative estimate of drug-likeness (QED) is 0.654. The van der Waals surface area contributed by atoms with Crippen LogP contribution in [0.1, 0.15) is 28.9 Å². The molecular formula is C21H22ClN3O2S. The highest BCUT2D eigenvalue weighted by Gasteiger charge is 2.37. The second kappa shape index (κ2) is 8.07. The highest BCUT2D eigenvalue weighted by molar-refractivity contribution is 7.08. The summed E-state index contributed by atoms with van der Waals surface area (Å²) in [6.07, 6.45) is 2.43. The Bertz CT molecular complexity index is 956. The highest BCUT2D eigenvalue weighted by atomic mass is 35.5. The van der Waals surface area contributed by atoms with Crippen molar-refractivity contribution in [2.75, 3.05) is 19.7 Å². The summed E-state index contributed by atoms with van der Waals surface area (Å²) in [6, 6.07) is 11.5. The molecule has 7 heteroatoms. The van der Waals surface area contributed by atoms with E-state index in [2.05, 4.69) is 10.2 Å². The number of hydrogen-bond acceptors (Lipinski definition) is 4. The summed E-state index contributed by atoms with van der Waals surface area (Å²) in [5.41, 5.74) is 2.99. The van der Waals surface area contributed by atoms with E-state index in [1.807, 2.05) is 46.0 Å². The van der Waals surface area contributed by atoms with E-state index in [0.717, 1.165) is 29.7 Å². The van der Waals surface area contributed by atoms with E-state index in [1.165, 1.54) is 0 Å². The van der Waals surface area contributed by atoms with Crippen molar-refractivity contribution in [2.24, 2.45) is 5.41 Å². The summed E-state index contributed by atoms with van der Waals surface area (Å²) in [7, 11) is 0. The number of aliphatic hydroxyl groups is 1. The van der Waals surface area contributed by atoms with Crippen molar-refractivity contribution in [3.8, 4) is 11.3 Å². The van der Waals surface area contributed by atoms with E-state index < -0.39 is 0 Å². The van der Waals surface area contributed by atoms with Crippen LogP contribution in [0.5, 0.6) is 0 Å². The maximum absolute atomic E-state index is 13.0. The van der Waals surface area contributed by atoms with Gasteiger partial charge in [0.25, 0.3) is 5.91 Å². The number of piperidine rings is 1. The number of halogens is 1. The monoisotopic (exact) mass is 415 g/mol. The van der Waals surface area contributed by atoms with Crippen molar-refractivity contribution in [1.82, 2.24) is 15.1 Å². The summed E-state index contributed by atoms with van der Waals surface area (Å²) in [5.74, 6) is -0.0717. The van der Waals surface area contributed by atoms with E-state index >= 15 is 0 Å². The van der Waals surface area contributed by atoms with Crippen molar-refractivity contribution in [3.05, 3.63) is 63.4 Å². The number of carbonyl (C=O) groups excluding carboxylic acids is 1. The van der Waals surface area contributed by atoms with Gasteiger partial charge in [0.1, 0.15) is 5.69 Å². The van der Waals surface area contributed by atoms with E-state index in [0.29, 0.717) is 30.2 Å². The molecule has 2 N–H and O–H groups in total. The van der Waals surface area contributed by atoms with Gasteiger partial charge in [0.15, 0.2) is 0 Å². The van der Waals surface area contributed by atoms with Gasteiger partial charge in [-0.05, 0) is 54.5 Å². The zero-order chi connectivity index (χ0) is 19.6. The Morgan fingerprint density at radius 1 is 1.36 bits per heavy atom. The van der Waals surface area contributed by atoms with Crippen molar-refractivity contribution < 1.29 is 9.90 Å². The third kappa shape index (κ3) is 3.99. The fraction of sp³-hybridized carbons (Fsp3) is 0.333. The molecule has 0 aliphatic carbocycles. The molecule has 1 aliphatic rings. The third-order valence-electron chi connectivity index (χ3n) is 5.38. The van der Waals surface area contributed by atoms with Crippen LogP contribution >= 0.6 is 22.9 Å². The molecule has 4 rings (SSSR count). The maximum atomic E-state index is 13.0. The lowest BCUT2D eigenvalue weighted by atomic mass is 9.75. The summed E-state index contributed by atoms with van der Waals surface area (Å²) in [4.78, 5) is 14.9. The van der Waals surface area contributed by atoms with Gasteiger partial charge in [-0.1, -0.05) is 23.7 Å². The fourth-order valence-corrected chi connectivity index (χ4v) is 4.81. The number of nitrogens with one attached hydrogen (secondary N) is 1. The van der Waals surface area contributed by atoms with Crippen molar-refractivity contribution in [1.29, 1.82) is 0 Å². The number of nitrogens with zero attached hydrogens (tertiary/aromatic N) is 2. The van der Waals surface area contributed by atoms with Gasteiger partial charge in [-0.2, -0.15) is 16.4 Å². The molecule has 1 fully saturated rings. The number of amides is 1. The molecule has 1 aliphatic heterocycles. The SMILES string of the molecule is O=C(c1cc(-c2ccsc2)n[nH]1)N1CCCC(CO)(Cc2cccc(Cl)c2)C1. The number of likely N-dealkylation sites (tertiary alicyclic amines) is 1. The number of aliphatic hydroxyl groups excluding tert-OH is 1. The normalized spacial score (nSPS) is 19.7. The van der Waals surface area contributed by atoms with Gasteiger partial charge >= 0.3 is 0 Å². The number of rotatable bonds is 5. The standard InChI is InChI=1S/C21H22ClN3O2S/c22-17-4-1-3-15(9-17)11-21(14-26)6-2-7-25(13-21)20(27)19-10-18(23-24-19)16-5-8-28-12-16/h1,3-5,8-10,12,26H,2,6-7,11,13-14H2,(H,23,24). The lowest BCUT2D eigenvalue weighted by Gasteiger charge is -2.42. The van der Waals surface area contributed by atoms with Gasteiger partial charge in [-0.3, -0.25) is 9.89 Å². The number of benzene rings is 1. The van der Waals surface area contributed by atoms with Crippen molar-refractivity contribution in [3.63, 3.8) is 0 Å². The van der Waals surface area contributed by atoms with Gasteiger partial charge < -0.3 is 10.0 Å². The smallest absolute Gasteiger partial charge is 0.271 e.